The van der Waals surface area contributed by atoms with Crippen molar-refractivity contribution in [2.45, 2.75) is 26.2 Å². The first-order valence-corrected chi connectivity index (χ1v) is 20.9. The van der Waals surface area contributed by atoms with Crippen LogP contribution in [0.25, 0.3) is 111 Å². The molecule has 0 radical (unpaired) electrons. The third-order valence-electron chi connectivity index (χ3n) is 12.7. The highest BCUT2D eigenvalue weighted by Crippen LogP contribution is 2.52. The molecule has 0 unspecified atom stereocenters. The zero-order valence-corrected chi connectivity index (χ0v) is 34.1. The Morgan fingerprint density at radius 3 is 1.90 bits per heavy atom. The van der Waals surface area contributed by atoms with Crippen molar-refractivity contribution in [3.05, 3.63) is 199 Å². The standard InChI is InChI=1S/C57H39N3O/c1-34-30-41(39-26-28-43-40(32-39)25-22-37-27-29-50-53(51(37)43)45-15-8-10-19-49(45)61-50)33-42(31-34)55-58-54(38-23-20-36(21-24-38)35-12-5-4-6-13-35)59-56(60-55)46-16-11-18-48-52(46)44-14-7-9-17-47(44)57(48,2)3/h4-33H,1-3H3. The van der Waals surface area contributed by atoms with E-state index in [1.165, 1.54) is 49.4 Å². The summed E-state index contributed by atoms with van der Waals surface area (Å²) in [5.41, 5.74) is 15.3. The predicted octanol–water partition coefficient (Wildman–Crippen LogP) is 15.0. The van der Waals surface area contributed by atoms with Crippen LogP contribution < -0.4 is 0 Å². The van der Waals surface area contributed by atoms with Crippen molar-refractivity contribution < 1.29 is 4.42 Å². The van der Waals surface area contributed by atoms with E-state index < -0.39 is 0 Å². The largest absolute Gasteiger partial charge is 0.456 e. The van der Waals surface area contributed by atoms with Gasteiger partial charge < -0.3 is 4.42 Å². The molecule has 12 rings (SSSR count). The second kappa shape index (κ2) is 13.4. The average Bonchev–Trinajstić information content (AvgIpc) is 3.80. The summed E-state index contributed by atoms with van der Waals surface area (Å²) in [5, 5.41) is 7.10. The lowest BCUT2D eigenvalue weighted by atomic mass is 9.82. The minimum Gasteiger partial charge on any atom is -0.456 e. The molecule has 4 nitrogen and oxygen atoms in total. The third kappa shape index (κ3) is 5.63. The van der Waals surface area contributed by atoms with Gasteiger partial charge in [-0.05, 0) is 103 Å². The van der Waals surface area contributed by atoms with Crippen molar-refractivity contribution in [3.8, 4) is 67.5 Å². The second-order valence-corrected chi connectivity index (χ2v) is 16.9. The van der Waals surface area contributed by atoms with Crippen molar-refractivity contribution >= 4 is 43.5 Å². The van der Waals surface area contributed by atoms with Gasteiger partial charge in [-0.1, -0.05) is 166 Å². The summed E-state index contributed by atoms with van der Waals surface area (Å²) in [6.07, 6.45) is 0. The van der Waals surface area contributed by atoms with Crippen molar-refractivity contribution in [3.63, 3.8) is 0 Å². The summed E-state index contributed by atoms with van der Waals surface area (Å²) in [6.45, 7) is 6.77. The van der Waals surface area contributed by atoms with Gasteiger partial charge in [-0.15, -0.1) is 0 Å². The topological polar surface area (TPSA) is 51.8 Å². The smallest absolute Gasteiger partial charge is 0.164 e. The van der Waals surface area contributed by atoms with E-state index in [0.29, 0.717) is 17.5 Å². The van der Waals surface area contributed by atoms with Crippen LogP contribution in [0, 0.1) is 6.92 Å². The Balaban J connectivity index is 1.02. The number of para-hydroxylation sites is 1. The Hall–Kier alpha value is -7.69. The van der Waals surface area contributed by atoms with Crippen LogP contribution in [0.5, 0.6) is 0 Å². The van der Waals surface area contributed by atoms with E-state index in [2.05, 4.69) is 185 Å². The zero-order chi connectivity index (χ0) is 40.8. The van der Waals surface area contributed by atoms with E-state index >= 15 is 0 Å². The van der Waals surface area contributed by atoms with Crippen LogP contribution in [0.4, 0.5) is 0 Å². The van der Waals surface area contributed by atoms with E-state index in [1.807, 2.05) is 18.2 Å². The number of benzene rings is 9. The summed E-state index contributed by atoms with van der Waals surface area (Å²) >= 11 is 0. The van der Waals surface area contributed by atoms with Gasteiger partial charge in [0, 0.05) is 38.3 Å². The van der Waals surface area contributed by atoms with E-state index in [4.69, 9.17) is 19.4 Å². The molecule has 0 saturated heterocycles. The highest BCUT2D eigenvalue weighted by atomic mass is 16.3. The lowest BCUT2D eigenvalue weighted by Gasteiger charge is -2.21. The maximum absolute atomic E-state index is 6.30. The van der Waals surface area contributed by atoms with Crippen molar-refractivity contribution in [2.75, 3.05) is 0 Å². The number of rotatable bonds is 5. The van der Waals surface area contributed by atoms with Gasteiger partial charge in [0.1, 0.15) is 11.2 Å². The van der Waals surface area contributed by atoms with E-state index in [0.717, 1.165) is 60.9 Å². The molecule has 288 valence electrons. The molecule has 0 bridgehead atoms. The van der Waals surface area contributed by atoms with Crippen LogP contribution in [-0.4, -0.2) is 15.0 Å². The Bertz CT molecular complexity index is 3560. The number of hydrogen-bond donors (Lipinski definition) is 0. The Kier molecular flexibility index (Phi) is 7.76. The Morgan fingerprint density at radius 1 is 0.393 bits per heavy atom. The van der Waals surface area contributed by atoms with Crippen LogP contribution >= 0.6 is 0 Å². The van der Waals surface area contributed by atoms with Gasteiger partial charge in [0.05, 0.1) is 0 Å². The molecule has 11 aromatic rings. The molecule has 0 aliphatic heterocycles. The van der Waals surface area contributed by atoms with Crippen LogP contribution in [0.3, 0.4) is 0 Å². The fourth-order valence-corrected chi connectivity index (χ4v) is 9.77. The van der Waals surface area contributed by atoms with Crippen LogP contribution in [0.1, 0.15) is 30.5 Å². The molecule has 4 heteroatoms. The van der Waals surface area contributed by atoms with Crippen molar-refractivity contribution in [1.82, 2.24) is 15.0 Å². The molecule has 9 aromatic carbocycles. The highest BCUT2D eigenvalue weighted by Gasteiger charge is 2.37. The molecule has 0 N–H and O–H groups in total. The third-order valence-corrected chi connectivity index (χ3v) is 12.7. The second-order valence-electron chi connectivity index (χ2n) is 16.9. The lowest BCUT2D eigenvalue weighted by molar-refractivity contribution is 0.660. The molecule has 2 heterocycles. The molecule has 1 aliphatic rings. The maximum atomic E-state index is 6.30. The van der Waals surface area contributed by atoms with E-state index in [-0.39, 0.29) is 5.41 Å². The minimum atomic E-state index is -0.149. The SMILES string of the molecule is Cc1cc(-c2ccc3c(ccc4ccc5oc6ccccc6c5c43)c2)cc(-c2nc(-c3ccc(-c4ccccc4)cc3)nc(-c3cccc4c3-c3ccccc3C4(C)C)n2)c1. The normalized spacial score (nSPS) is 13.0. The summed E-state index contributed by atoms with van der Waals surface area (Å²) in [5.74, 6) is 1.94. The molecule has 0 amide bonds. The van der Waals surface area contributed by atoms with Gasteiger partial charge in [0.15, 0.2) is 17.5 Å². The zero-order valence-electron chi connectivity index (χ0n) is 34.1. The number of aryl methyl sites for hydroxylation is 1. The molecule has 0 atom stereocenters. The Labute approximate surface area is 353 Å². The van der Waals surface area contributed by atoms with Gasteiger partial charge in [0.25, 0.3) is 0 Å². The first kappa shape index (κ1) is 35.3. The molecule has 2 aromatic heterocycles. The summed E-state index contributed by atoms with van der Waals surface area (Å²) < 4.78 is 6.30. The highest BCUT2D eigenvalue weighted by molar-refractivity contribution is 6.26. The average molecular weight is 782 g/mol. The first-order valence-electron chi connectivity index (χ1n) is 20.9. The molecule has 61 heavy (non-hydrogen) atoms. The first-order chi connectivity index (χ1) is 29.9. The lowest BCUT2D eigenvalue weighted by Crippen LogP contribution is -2.14. The van der Waals surface area contributed by atoms with Gasteiger partial charge >= 0.3 is 0 Å². The Morgan fingerprint density at radius 2 is 1.03 bits per heavy atom. The van der Waals surface area contributed by atoms with Gasteiger partial charge in [-0.25, -0.2) is 15.0 Å². The van der Waals surface area contributed by atoms with Crippen LogP contribution in [0.15, 0.2) is 186 Å². The van der Waals surface area contributed by atoms with E-state index in [9.17, 15) is 0 Å². The van der Waals surface area contributed by atoms with Crippen molar-refractivity contribution in [2.24, 2.45) is 0 Å². The summed E-state index contributed by atoms with van der Waals surface area (Å²) in [4.78, 5) is 15.9. The fourth-order valence-electron chi connectivity index (χ4n) is 9.77. The molecule has 0 saturated carbocycles. The van der Waals surface area contributed by atoms with Gasteiger partial charge in [-0.3, -0.25) is 0 Å². The number of hydrogen-bond acceptors (Lipinski definition) is 4. The molecule has 0 fully saturated rings. The summed E-state index contributed by atoms with van der Waals surface area (Å²) in [6, 6.07) is 64.8. The number of furan rings is 1. The summed E-state index contributed by atoms with van der Waals surface area (Å²) in [7, 11) is 0. The molecule has 1 aliphatic carbocycles. The number of aromatic nitrogens is 3. The monoisotopic (exact) mass is 781 g/mol. The quantitative estimate of drug-likeness (QED) is 0.163. The number of fused-ring (bicyclic) bond motifs is 10. The van der Waals surface area contributed by atoms with E-state index in [1.54, 1.807) is 0 Å². The maximum Gasteiger partial charge on any atom is 0.164 e. The molecule has 0 spiro atoms. The number of nitrogens with zero attached hydrogens (tertiary/aromatic N) is 3. The van der Waals surface area contributed by atoms with Crippen molar-refractivity contribution in [1.29, 1.82) is 0 Å². The molecular formula is C57H39N3O. The molecular weight excluding hydrogens is 743 g/mol. The fraction of sp³-hybridized carbons (Fsp3) is 0.0702. The van der Waals surface area contributed by atoms with Gasteiger partial charge in [-0.2, -0.15) is 0 Å². The minimum absolute atomic E-state index is 0.149. The van der Waals surface area contributed by atoms with Crippen LogP contribution in [-0.2, 0) is 5.41 Å². The van der Waals surface area contributed by atoms with Gasteiger partial charge in [0.2, 0.25) is 0 Å². The van der Waals surface area contributed by atoms with Crippen LogP contribution in [0.2, 0.25) is 0 Å². The predicted molar refractivity (Wildman–Crippen MR) is 252 cm³/mol.